The van der Waals surface area contributed by atoms with Crippen molar-refractivity contribution >= 4 is 39.9 Å². The van der Waals surface area contributed by atoms with E-state index in [1.807, 2.05) is 0 Å². The van der Waals surface area contributed by atoms with Gasteiger partial charge in [-0.3, -0.25) is 4.79 Å². The second-order valence-electron chi connectivity index (χ2n) is 9.71. The summed E-state index contributed by atoms with van der Waals surface area (Å²) in [5, 5.41) is 16.1. The van der Waals surface area contributed by atoms with E-state index in [1.54, 1.807) is 25.2 Å². The number of ether oxygens (including phenoxy) is 1. The molecule has 2 fully saturated rings. The van der Waals surface area contributed by atoms with Gasteiger partial charge >= 0.3 is 0 Å². The molecule has 1 saturated carbocycles. The van der Waals surface area contributed by atoms with Crippen LogP contribution < -0.4 is 15.4 Å². The molecule has 10 heteroatoms. The number of aromatic hydroxyl groups is 1. The van der Waals surface area contributed by atoms with Crippen LogP contribution in [0.2, 0.25) is 5.02 Å². The van der Waals surface area contributed by atoms with Gasteiger partial charge in [-0.15, -0.1) is 0 Å². The molecule has 1 aliphatic heterocycles. The molecule has 2 aliphatic rings. The van der Waals surface area contributed by atoms with Crippen molar-refractivity contribution in [2.24, 2.45) is 5.92 Å². The van der Waals surface area contributed by atoms with E-state index in [2.05, 4.69) is 25.5 Å². The van der Waals surface area contributed by atoms with Gasteiger partial charge in [0.2, 0.25) is 5.91 Å². The van der Waals surface area contributed by atoms with Crippen LogP contribution in [-0.4, -0.2) is 59.2 Å². The van der Waals surface area contributed by atoms with Crippen molar-refractivity contribution in [3.05, 3.63) is 47.5 Å². The maximum absolute atomic E-state index is 14.0. The maximum Gasteiger partial charge on any atom is 0.222 e. The molecule has 1 aliphatic carbocycles. The molecule has 38 heavy (non-hydrogen) atoms. The summed E-state index contributed by atoms with van der Waals surface area (Å²) in [5.74, 6) is 0.524. The number of halogens is 2. The Hall–Kier alpha value is -3.17. The number of fused-ring (bicyclic) bond motifs is 1. The van der Waals surface area contributed by atoms with Crippen LogP contribution in [0.4, 0.5) is 15.9 Å². The number of phenols is 1. The van der Waals surface area contributed by atoms with Crippen molar-refractivity contribution in [2.75, 3.05) is 32.6 Å². The Morgan fingerprint density at radius 2 is 1.87 bits per heavy atom. The number of anilines is 2. The molecule has 1 amide bonds. The van der Waals surface area contributed by atoms with Gasteiger partial charge in [-0.1, -0.05) is 36.9 Å². The Morgan fingerprint density at radius 1 is 1.13 bits per heavy atom. The lowest BCUT2D eigenvalue weighted by atomic mass is 9.90. The number of aromatic nitrogens is 2. The Balaban J connectivity index is 0.000000186. The maximum atomic E-state index is 14.0. The SMILES string of the molecule is CNC(=O)C1CCN(C2CCCCC2)CC1.COc1cc2ncnc(Nc3cccc(Cl)c3F)c2cc1O. The van der Waals surface area contributed by atoms with E-state index in [1.165, 1.54) is 57.7 Å². The molecule has 0 bridgehead atoms. The highest BCUT2D eigenvalue weighted by atomic mass is 35.5. The zero-order chi connectivity index (χ0) is 27.1. The van der Waals surface area contributed by atoms with Gasteiger partial charge in [0.05, 0.1) is 23.3 Å². The first-order chi connectivity index (χ1) is 18.4. The highest BCUT2D eigenvalue weighted by Gasteiger charge is 2.28. The molecule has 1 aromatic heterocycles. The first-order valence-corrected chi connectivity index (χ1v) is 13.5. The molecule has 0 radical (unpaired) electrons. The lowest BCUT2D eigenvalue weighted by Crippen LogP contribution is -2.45. The fourth-order valence-electron chi connectivity index (χ4n) is 5.24. The number of amides is 1. The third-order valence-corrected chi connectivity index (χ3v) is 7.67. The summed E-state index contributed by atoms with van der Waals surface area (Å²) in [6, 6.07) is 8.47. The van der Waals surface area contributed by atoms with Crippen molar-refractivity contribution < 1.29 is 19.0 Å². The molecule has 204 valence electrons. The van der Waals surface area contributed by atoms with Crippen LogP contribution in [0, 0.1) is 11.7 Å². The number of methoxy groups -OCH3 is 1. The van der Waals surface area contributed by atoms with Crippen molar-refractivity contribution in [1.82, 2.24) is 20.2 Å². The molecule has 2 aromatic carbocycles. The Morgan fingerprint density at radius 3 is 2.55 bits per heavy atom. The summed E-state index contributed by atoms with van der Waals surface area (Å²) >= 11 is 5.76. The topological polar surface area (TPSA) is 99.6 Å². The van der Waals surface area contributed by atoms with Crippen LogP contribution in [0.3, 0.4) is 0 Å². The van der Waals surface area contributed by atoms with Gasteiger partial charge in [0.25, 0.3) is 0 Å². The molecule has 0 spiro atoms. The van der Waals surface area contributed by atoms with Crippen LogP contribution in [0.1, 0.15) is 44.9 Å². The number of nitrogens with zero attached hydrogens (tertiary/aromatic N) is 3. The molecule has 1 saturated heterocycles. The fourth-order valence-corrected chi connectivity index (χ4v) is 5.42. The Bertz CT molecular complexity index is 1250. The van der Waals surface area contributed by atoms with Gasteiger partial charge in [0.1, 0.15) is 12.1 Å². The highest BCUT2D eigenvalue weighted by Crippen LogP contribution is 2.34. The van der Waals surface area contributed by atoms with E-state index in [-0.39, 0.29) is 28.3 Å². The molecular weight excluding hydrogens is 509 g/mol. The summed E-state index contributed by atoms with van der Waals surface area (Å²) in [6.07, 6.45) is 10.4. The van der Waals surface area contributed by atoms with E-state index in [4.69, 9.17) is 16.3 Å². The van der Waals surface area contributed by atoms with Crippen LogP contribution >= 0.6 is 11.6 Å². The standard InChI is InChI=1S/C15H11ClFN3O2.C13H24N2O/c1-22-13-6-11-8(5-12(13)21)15(19-7-18-11)20-10-4-2-3-9(16)14(10)17;1-14-13(16)11-7-9-15(10-8-11)12-5-3-2-4-6-12/h2-7,21H,1H3,(H,18,19,20);11-12H,2-10H2,1H3,(H,14,16). The number of carbonyl (C=O) groups excluding carboxylic acids is 1. The normalized spacial score (nSPS) is 16.9. The van der Waals surface area contributed by atoms with Crippen molar-refractivity contribution in [1.29, 1.82) is 0 Å². The summed E-state index contributed by atoms with van der Waals surface area (Å²) in [5.41, 5.74) is 0.734. The summed E-state index contributed by atoms with van der Waals surface area (Å²) in [7, 11) is 3.19. The number of nitrogens with one attached hydrogen (secondary N) is 2. The van der Waals surface area contributed by atoms with Crippen molar-refractivity contribution in [3.8, 4) is 11.5 Å². The minimum Gasteiger partial charge on any atom is -0.504 e. The van der Waals surface area contributed by atoms with E-state index < -0.39 is 5.82 Å². The number of piperidine rings is 1. The second-order valence-corrected chi connectivity index (χ2v) is 10.1. The lowest BCUT2D eigenvalue weighted by molar-refractivity contribution is -0.126. The second kappa shape index (κ2) is 13.1. The zero-order valence-electron chi connectivity index (χ0n) is 21.8. The summed E-state index contributed by atoms with van der Waals surface area (Å²) in [4.78, 5) is 22.3. The largest absolute Gasteiger partial charge is 0.504 e. The average molecular weight is 544 g/mol. The van der Waals surface area contributed by atoms with Crippen molar-refractivity contribution in [2.45, 2.75) is 51.0 Å². The first-order valence-electron chi connectivity index (χ1n) is 13.1. The smallest absolute Gasteiger partial charge is 0.222 e. The Kier molecular flexibility index (Phi) is 9.58. The van der Waals surface area contributed by atoms with Crippen LogP contribution in [0.25, 0.3) is 10.9 Å². The first kappa shape index (κ1) is 27.9. The number of phenolic OH excluding ortho intramolecular Hbond substituents is 1. The minimum atomic E-state index is -0.575. The molecule has 3 aromatic rings. The molecule has 8 nitrogen and oxygen atoms in total. The van der Waals surface area contributed by atoms with E-state index in [9.17, 15) is 14.3 Å². The predicted octanol–water partition coefficient (Wildman–Crippen LogP) is 5.66. The van der Waals surface area contributed by atoms with Gasteiger partial charge in [-0.2, -0.15) is 0 Å². The van der Waals surface area contributed by atoms with Gasteiger partial charge in [0, 0.05) is 30.5 Å². The number of carbonyl (C=O) groups is 1. The van der Waals surface area contributed by atoms with Gasteiger partial charge in [-0.25, -0.2) is 14.4 Å². The number of hydrogen-bond donors (Lipinski definition) is 3. The minimum absolute atomic E-state index is 0.00729. The zero-order valence-corrected chi connectivity index (χ0v) is 22.6. The van der Waals surface area contributed by atoms with Gasteiger partial charge in [0.15, 0.2) is 17.3 Å². The monoisotopic (exact) mass is 543 g/mol. The predicted molar refractivity (Wildman–Crippen MR) is 148 cm³/mol. The summed E-state index contributed by atoms with van der Waals surface area (Å²) in [6.45, 7) is 2.26. The molecule has 3 N–H and O–H groups in total. The van der Waals surface area contributed by atoms with Crippen molar-refractivity contribution in [3.63, 3.8) is 0 Å². The highest BCUT2D eigenvalue weighted by molar-refractivity contribution is 6.31. The van der Waals surface area contributed by atoms with Crippen LogP contribution in [0.5, 0.6) is 11.5 Å². The van der Waals surface area contributed by atoms with Gasteiger partial charge in [-0.05, 0) is 57.0 Å². The third-order valence-electron chi connectivity index (χ3n) is 7.38. The van der Waals surface area contributed by atoms with Crippen LogP contribution in [-0.2, 0) is 4.79 Å². The van der Waals surface area contributed by atoms with E-state index in [0.29, 0.717) is 22.5 Å². The molecular formula is C28H35ClFN5O3. The number of rotatable bonds is 5. The van der Waals surface area contributed by atoms with Gasteiger partial charge < -0.3 is 25.4 Å². The third kappa shape index (κ3) is 6.63. The quantitative estimate of drug-likeness (QED) is 0.382. The molecule has 5 rings (SSSR count). The average Bonchev–Trinajstić information content (AvgIpc) is 2.96. The van der Waals surface area contributed by atoms with E-state index in [0.717, 1.165) is 32.0 Å². The number of hydrogen-bond acceptors (Lipinski definition) is 7. The molecule has 0 unspecified atom stereocenters. The Labute approximate surface area is 227 Å². The molecule has 2 heterocycles. The number of benzene rings is 2. The molecule has 0 atom stereocenters. The summed E-state index contributed by atoms with van der Waals surface area (Å²) < 4.78 is 19.0. The lowest BCUT2D eigenvalue weighted by Gasteiger charge is -2.38. The van der Waals surface area contributed by atoms with Crippen LogP contribution in [0.15, 0.2) is 36.7 Å². The number of likely N-dealkylation sites (tertiary alicyclic amines) is 1. The fraction of sp³-hybridized carbons (Fsp3) is 0.464. The van der Waals surface area contributed by atoms with E-state index >= 15 is 0 Å².